The van der Waals surface area contributed by atoms with Gasteiger partial charge in [-0.05, 0) is 55.8 Å². The maximum atomic E-state index is 10.6. The van der Waals surface area contributed by atoms with E-state index in [9.17, 15) is 9.59 Å². The van der Waals surface area contributed by atoms with Crippen LogP contribution in [-0.2, 0) is 0 Å². The van der Waals surface area contributed by atoms with Gasteiger partial charge < -0.3 is 0 Å². The number of nitrogens with zero attached hydrogens (tertiary/aromatic N) is 3. The van der Waals surface area contributed by atoms with Crippen molar-refractivity contribution in [3.05, 3.63) is 96.8 Å². The SMILES string of the molecule is C=C(C)c1ccncc1.CC.CC.CC.CC(=O)c1ccccn1.CC(=O)c1cccnc1. The summed E-state index contributed by atoms with van der Waals surface area (Å²) in [5, 5.41) is 0. The average molecular weight is 452 g/mol. The Bertz CT molecular complexity index is 732. The molecule has 0 bridgehead atoms. The van der Waals surface area contributed by atoms with Gasteiger partial charge in [0, 0.05) is 43.5 Å². The molecule has 0 amide bonds. The van der Waals surface area contributed by atoms with Crippen molar-refractivity contribution in [3.63, 3.8) is 0 Å². The number of allylic oxidation sites excluding steroid dienone is 1. The van der Waals surface area contributed by atoms with Crippen LogP contribution >= 0.6 is 0 Å². The van der Waals surface area contributed by atoms with Gasteiger partial charge >= 0.3 is 0 Å². The van der Waals surface area contributed by atoms with Crippen molar-refractivity contribution in [2.75, 3.05) is 0 Å². The molecule has 0 aliphatic rings. The van der Waals surface area contributed by atoms with E-state index in [0.29, 0.717) is 11.3 Å². The number of rotatable bonds is 3. The fraction of sp³-hybridized carbons (Fsp3) is 0.321. The van der Waals surface area contributed by atoms with Gasteiger partial charge in [0.15, 0.2) is 11.6 Å². The zero-order valence-corrected chi connectivity index (χ0v) is 21.8. The van der Waals surface area contributed by atoms with Crippen LogP contribution in [0.25, 0.3) is 5.57 Å². The smallest absolute Gasteiger partial charge is 0.178 e. The summed E-state index contributed by atoms with van der Waals surface area (Å²) in [5.41, 5.74) is 3.43. The van der Waals surface area contributed by atoms with Gasteiger partial charge in [0.2, 0.25) is 0 Å². The fourth-order valence-electron chi connectivity index (χ4n) is 1.78. The summed E-state index contributed by atoms with van der Waals surface area (Å²) < 4.78 is 0. The number of carbonyl (C=O) groups is 2. The quantitative estimate of drug-likeness (QED) is 0.380. The highest BCUT2D eigenvalue weighted by molar-refractivity contribution is 5.93. The molecule has 3 rings (SSSR count). The molecule has 5 nitrogen and oxygen atoms in total. The van der Waals surface area contributed by atoms with E-state index in [4.69, 9.17) is 0 Å². The highest BCUT2D eigenvalue weighted by atomic mass is 16.1. The normalized spacial score (nSPS) is 7.91. The largest absolute Gasteiger partial charge is 0.294 e. The lowest BCUT2D eigenvalue weighted by atomic mass is 10.1. The molecule has 0 fully saturated rings. The molecular weight excluding hydrogens is 410 g/mol. The number of ketones is 2. The highest BCUT2D eigenvalue weighted by Gasteiger charge is 1.95. The van der Waals surface area contributed by atoms with Crippen LogP contribution in [0.5, 0.6) is 0 Å². The average Bonchev–Trinajstić information content (AvgIpc) is 2.90. The third-order valence-electron chi connectivity index (χ3n) is 3.27. The van der Waals surface area contributed by atoms with E-state index in [-0.39, 0.29) is 11.6 Å². The molecule has 3 aromatic rings. The molecule has 3 aromatic heterocycles. The van der Waals surface area contributed by atoms with Crippen molar-refractivity contribution in [2.24, 2.45) is 0 Å². The summed E-state index contributed by atoms with van der Waals surface area (Å²) >= 11 is 0. The minimum atomic E-state index is 0.00981. The lowest BCUT2D eigenvalue weighted by molar-refractivity contribution is 0.100. The lowest BCUT2D eigenvalue weighted by Gasteiger charge is -1.94. The summed E-state index contributed by atoms with van der Waals surface area (Å²) in [6, 6.07) is 12.7. The second-order valence-electron chi connectivity index (χ2n) is 5.59. The molecule has 5 heteroatoms. The van der Waals surface area contributed by atoms with Crippen LogP contribution in [0.2, 0.25) is 0 Å². The van der Waals surface area contributed by atoms with Gasteiger partial charge in [-0.3, -0.25) is 24.5 Å². The first-order valence-corrected chi connectivity index (χ1v) is 11.3. The first-order chi connectivity index (χ1) is 15.9. The number of pyridine rings is 3. The zero-order chi connectivity index (χ0) is 26.1. The minimum absolute atomic E-state index is 0.00981. The first kappa shape index (κ1) is 34.2. The van der Waals surface area contributed by atoms with Crippen molar-refractivity contribution in [3.8, 4) is 0 Å². The molecule has 0 aliphatic carbocycles. The summed E-state index contributed by atoms with van der Waals surface area (Å²) in [6.45, 7) is 20.8. The van der Waals surface area contributed by atoms with Crippen molar-refractivity contribution in [1.29, 1.82) is 0 Å². The van der Waals surface area contributed by atoms with E-state index in [1.165, 1.54) is 13.8 Å². The second kappa shape index (κ2) is 24.8. The molecule has 0 saturated heterocycles. The van der Waals surface area contributed by atoms with Crippen LogP contribution in [0.4, 0.5) is 0 Å². The highest BCUT2D eigenvalue weighted by Crippen LogP contribution is 2.07. The number of hydrogen-bond donors (Lipinski definition) is 0. The number of hydrogen-bond acceptors (Lipinski definition) is 5. The van der Waals surface area contributed by atoms with Gasteiger partial charge in [0.1, 0.15) is 5.69 Å². The Labute approximate surface area is 201 Å². The van der Waals surface area contributed by atoms with Crippen molar-refractivity contribution in [1.82, 2.24) is 15.0 Å². The van der Waals surface area contributed by atoms with Crippen LogP contribution in [0.3, 0.4) is 0 Å². The van der Waals surface area contributed by atoms with E-state index >= 15 is 0 Å². The molecule has 33 heavy (non-hydrogen) atoms. The molecule has 3 heterocycles. The zero-order valence-electron chi connectivity index (χ0n) is 21.8. The lowest BCUT2D eigenvalue weighted by Crippen LogP contribution is -1.93. The van der Waals surface area contributed by atoms with Gasteiger partial charge in [-0.1, -0.05) is 59.8 Å². The maximum Gasteiger partial charge on any atom is 0.178 e. The third-order valence-corrected chi connectivity index (χ3v) is 3.27. The molecule has 0 aromatic carbocycles. The Hall–Kier alpha value is -3.47. The molecule has 0 atom stereocenters. The van der Waals surface area contributed by atoms with Crippen LogP contribution in [0.1, 0.15) is 88.7 Å². The number of aromatic nitrogens is 3. The van der Waals surface area contributed by atoms with Crippen LogP contribution in [0, 0.1) is 0 Å². The van der Waals surface area contributed by atoms with Crippen LogP contribution < -0.4 is 0 Å². The number of Topliss-reactive ketones (excluding diaryl/α,β-unsaturated/α-hetero) is 2. The van der Waals surface area contributed by atoms with Gasteiger partial charge in [0.05, 0.1) is 0 Å². The monoisotopic (exact) mass is 451 g/mol. The molecule has 0 spiro atoms. The third kappa shape index (κ3) is 19.0. The topological polar surface area (TPSA) is 72.8 Å². The van der Waals surface area contributed by atoms with Gasteiger partial charge in [-0.2, -0.15) is 0 Å². The van der Waals surface area contributed by atoms with Crippen LogP contribution in [-0.4, -0.2) is 26.5 Å². The van der Waals surface area contributed by atoms with Gasteiger partial charge in [0.25, 0.3) is 0 Å². The Morgan fingerprint density at radius 3 is 1.48 bits per heavy atom. The Balaban J connectivity index is -0.000000367. The van der Waals surface area contributed by atoms with E-state index in [1.54, 1.807) is 61.3 Å². The summed E-state index contributed by atoms with van der Waals surface area (Å²) in [4.78, 5) is 32.7. The van der Waals surface area contributed by atoms with Gasteiger partial charge in [-0.25, -0.2) is 0 Å². The van der Waals surface area contributed by atoms with E-state index < -0.39 is 0 Å². The molecule has 0 N–H and O–H groups in total. The Morgan fingerprint density at radius 1 is 0.636 bits per heavy atom. The molecule has 0 saturated carbocycles. The van der Waals surface area contributed by atoms with E-state index in [1.807, 2.05) is 60.6 Å². The molecule has 0 unspecified atom stereocenters. The number of carbonyl (C=O) groups excluding carboxylic acids is 2. The van der Waals surface area contributed by atoms with Crippen molar-refractivity contribution < 1.29 is 9.59 Å². The molecule has 0 radical (unpaired) electrons. The molecule has 0 aliphatic heterocycles. The van der Waals surface area contributed by atoms with Crippen LogP contribution in [0.15, 0.2) is 80.0 Å². The standard InChI is InChI=1S/C8H9N.2C7H7NO.3C2H6/c1-7(2)8-3-5-9-6-4-8;1-6(9)7-3-2-4-8-5-7;1-6(9)7-4-2-3-5-8-7;3*1-2/h3-6H,1H2,2H3;2*2-5H,1H3;3*1-2H3. The Kier molecular flexibility index (Phi) is 25.7. The molecule has 180 valence electrons. The Morgan fingerprint density at radius 2 is 1.21 bits per heavy atom. The summed E-state index contributed by atoms with van der Waals surface area (Å²) in [7, 11) is 0. The summed E-state index contributed by atoms with van der Waals surface area (Å²) in [6.07, 6.45) is 8.35. The predicted octanol–water partition coefficient (Wildman–Crippen LogP) is 7.76. The second-order valence-corrected chi connectivity index (χ2v) is 5.59. The van der Waals surface area contributed by atoms with Crippen molar-refractivity contribution >= 4 is 17.1 Å². The fourth-order valence-corrected chi connectivity index (χ4v) is 1.78. The minimum Gasteiger partial charge on any atom is -0.294 e. The first-order valence-electron chi connectivity index (χ1n) is 11.3. The predicted molar refractivity (Wildman–Crippen MR) is 141 cm³/mol. The van der Waals surface area contributed by atoms with E-state index in [2.05, 4.69) is 21.5 Å². The van der Waals surface area contributed by atoms with Crippen molar-refractivity contribution in [2.45, 2.75) is 62.3 Å². The summed E-state index contributed by atoms with van der Waals surface area (Å²) in [5.74, 6) is 0.0682. The van der Waals surface area contributed by atoms with E-state index in [0.717, 1.165) is 11.1 Å². The van der Waals surface area contributed by atoms with Gasteiger partial charge in [-0.15, -0.1) is 0 Å². The molecular formula is C28H41N3O2. The maximum absolute atomic E-state index is 10.6.